The molecule has 2 aromatic carbocycles. The van der Waals surface area contributed by atoms with Crippen LogP contribution in [0.2, 0.25) is 0 Å². The molecule has 17 nitrogen and oxygen atoms in total. The van der Waals surface area contributed by atoms with Crippen LogP contribution < -0.4 is 10.7 Å². The second kappa shape index (κ2) is 19.2. The van der Waals surface area contributed by atoms with E-state index in [0.29, 0.717) is 16.5 Å². The Morgan fingerprint density at radius 3 is 1.63 bits per heavy atom. The number of aliphatic carboxylic acids is 3. The fourth-order valence-corrected chi connectivity index (χ4v) is 6.35. The van der Waals surface area contributed by atoms with Crippen LogP contribution in [0, 0.1) is 40.8 Å². The Morgan fingerprint density at radius 2 is 1.13 bits per heavy atom. The maximum absolute atomic E-state index is 13.4. The first-order valence-electron chi connectivity index (χ1n) is 16.7. The van der Waals surface area contributed by atoms with Gasteiger partial charge in [-0.2, -0.15) is 0 Å². The number of fused-ring (bicyclic) bond motifs is 2. The summed E-state index contributed by atoms with van der Waals surface area (Å²) in [5.74, 6) is -4.91. The third kappa shape index (κ3) is 11.5. The Labute approximate surface area is 341 Å². The van der Waals surface area contributed by atoms with E-state index < -0.39 is 29.8 Å². The molecule has 281 valence electrons. The number of rotatable bonds is 11. The van der Waals surface area contributed by atoms with Gasteiger partial charge in [0, 0.05) is 86.7 Å². The number of carbonyl (C=O) groups excluding carboxylic acids is 1. The van der Waals surface area contributed by atoms with E-state index >= 15 is 0 Å². The van der Waals surface area contributed by atoms with Crippen LogP contribution in [-0.2, 0) is 19.2 Å². The Morgan fingerprint density at radius 1 is 0.630 bits per heavy atom. The van der Waals surface area contributed by atoms with E-state index in [2.05, 4.69) is 5.32 Å². The van der Waals surface area contributed by atoms with Gasteiger partial charge < -0.3 is 35.3 Å². The zero-order valence-corrected chi connectivity index (χ0v) is 32.3. The summed E-state index contributed by atoms with van der Waals surface area (Å²) in [6.07, 6.45) is 0. The number of phenolic OH excluding ortho intramolecular Hbond substituents is 1. The second-order valence-electron chi connectivity index (χ2n) is 12.7. The van der Waals surface area contributed by atoms with E-state index in [0.717, 1.165) is 0 Å². The Hall–Kier alpha value is -4.53. The van der Waals surface area contributed by atoms with Crippen molar-refractivity contribution < 1.29 is 94.8 Å². The molecule has 6 N–H and O–H groups in total. The number of carboxylic acids is 4. The SMILES string of the molecule is O=C(O)CN1CCN(CC(=O)O)CCN(CC(=O)Nc2ccc(-c3c4ccc(=O)cc-4oc4cc(O)ccc34)c(C(=O)O)c2)CCN(CC(=O)O)CC1.[Nd+3]. The number of hydrogen-bond donors (Lipinski definition) is 6. The van der Waals surface area contributed by atoms with Crippen molar-refractivity contribution in [2.24, 2.45) is 0 Å². The molecule has 18 heteroatoms. The number of anilines is 1. The number of carboxylic acid groups (broad SMARTS) is 4. The van der Waals surface area contributed by atoms with E-state index in [4.69, 9.17) is 4.42 Å². The summed E-state index contributed by atoms with van der Waals surface area (Å²) < 4.78 is 5.88. The van der Waals surface area contributed by atoms with Crippen LogP contribution in [0.4, 0.5) is 5.69 Å². The molecule has 0 aromatic heterocycles. The molecular weight excluding hydrogens is 839 g/mol. The van der Waals surface area contributed by atoms with Crippen molar-refractivity contribution in [2.75, 3.05) is 83.9 Å². The molecule has 1 aliphatic carbocycles. The van der Waals surface area contributed by atoms with Crippen molar-refractivity contribution in [3.8, 4) is 28.2 Å². The predicted octanol–water partition coefficient (Wildman–Crippen LogP) is 1.38. The van der Waals surface area contributed by atoms with Crippen molar-refractivity contribution in [1.29, 1.82) is 0 Å². The largest absolute Gasteiger partial charge is 3.00 e. The Balaban J connectivity index is 0.00000650. The smallest absolute Gasteiger partial charge is 0.508 e. The van der Waals surface area contributed by atoms with Gasteiger partial charge in [0.1, 0.15) is 17.1 Å². The number of carbonyl (C=O) groups is 5. The van der Waals surface area contributed by atoms with Crippen molar-refractivity contribution in [3.05, 3.63) is 70.4 Å². The number of nitrogens with one attached hydrogen (secondary N) is 1. The summed E-state index contributed by atoms with van der Waals surface area (Å²) in [7, 11) is 0. The van der Waals surface area contributed by atoms with Gasteiger partial charge in [-0.25, -0.2) is 4.79 Å². The normalized spacial score (nSPS) is 15.5. The molecule has 2 aromatic rings. The fourth-order valence-electron chi connectivity index (χ4n) is 6.35. The average molecular weight is 878 g/mol. The van der Waals surface area contributed by atoms with Gasteiger partial charge in [0.05, 0.1) is 31.7 Å². The van der Waals surface area contributed by atoms with Crippen LogP contribution in [0.5, 0.6) is 5.75 Å². The average Bonchev–Trinajstić information content (AvgIpc) is 3.07. The Kier molecular flexibility index (Phi) is 15.0. The molecule has 5 rings (SSSR count). The molecule has 0 bridgehead atoms. The summed E-state index contributed by atoms with van der Waals surface area (Å²) >= 11 is 0. The first-order chi connectivity index (χ1) is 25.2. The van der Waals surface area contributed by atoms with Gasteiger partial charge in [0.15, 0.2) is 5.43 Å². The Bertz CT molecular complexity index is 2020. The van der Waals surface area contributed by atoms with Crippen LogP contribution in [-0.4, -0.2) is 153 Å². The molecule has 54 heavy (non-hydrogen) atoms. The topological polar surface area (TPSA) is 242 Å². The van der Waals surface area contributed by atoms with Crippen LogP contribution >= 0.6 is 0 Å². The molecule has 0 saturated carbocycles. The molecular formula is C36H39N5NdO12+3. The quantitative estimate of drug-likeness (QED) is 0.117. The summed E-state index contributed by atoms with van der Waals surface area (Å²) in [5, 5.41) is 51.9. The van der Waals surface area contributed by atoms with Gasteiger partial charge in [0.25, 0.3) is 0 Å². The van der Waals surface area contributed by atoms with Gasteiger partial charge in [0.2, 0.25) is 5.91 Å². The second-order valence-corrected chi connectivity index (χ2v) is 12.7. The van der Waals surface area contributed by atoms with Crippen LogP contribution in [0.1, 0.15) is 10.4 Å². The van der Waals surface area contributed by atoms with Crippen LogP contribution in [0.3, 0.4) is 0 Å². The molecule has 3 aliphatic rings. The van der Waals surface area contributed by atoms with Crippen molar-refractivity contribution in [2.45, 2.75) is 0 Å². The maximum Gasteiger partial charge on any atom is 3.00 e. The van der Waals surface area contributed by atoms with Gasteiger partial charge >= 0.3 is 64.7 Å². The number of nitrogens with zero attached hydrogens (tertiary/aromatic N) is 4. The van der Waals surface area contributed by atoms with Gasteiger partial charge in [-0.1, -0.05) is 6.07 Å². The minimum Gasteiger partial charge on any atom is -0.508 e. The summed E-state index contributed by atoms with van der Waals surface area (Å²) in [5.41, 5.74) is 1.09. The number of benzene rings is 3. The number of aromatic carboxylic acids is 1. The molecule has 0 atom stereocenters. The summed E-state index contributed by atoms with van der Waals surface area (Å²) in [4.78, 5) is 79.5. The van der Waals surface area contributed by atoms with Gasteiger partial charge in [-0.15, -0.1) is 0 Å². The zero-order valence-electron chi connectivity index (χ0n) is 29.1. The molecule has 0 unspecified atom stereocenters. The number of phenols is 1. The molecule has 2 aliphatic heterocycles. The van der Waals surface area contributed by atoms with E-state index in [1.165, 1.54) is 48.5 Å². The summed E-state index contributed by atoms with van der Waals surface area (Å²) in [6, 6.07) is 12.9. The van der Waals surface area contributed by atoms with Gasteiger partial charge in [-0.3, -0.25) is 43.6 Å². The monoisotopic (exact) mass is 875 g/mol. The predicted molar refractivity (Wildman–Crippen MR) is 190 cm³/mol. The standard InChI is InChI=1S/C36H39N5O12.Nd/c42-23-2-5-26-29(16-23)53-30-17-24(43)3-6-27(30)35(26)25-4-1-22(15-28(25)36(51)52)37-31(44)18-38-7-9-39(19-32(45)46)11-13-41(21-34(49)50)14-12-40(10-8-38)20-33(47)48;/h1-6,15-17,42H,7-14,18-21H2,(H,37,44)(H,45,46)(H,47,48)(H,49,50)(H,51,52);/q;+3. The van der Waals surface area contributed by atoms with Gasteiger partial charge in [-0.05, 0) is 42.0 Å². The van der Waals surface area contributed by atoms with E-state index in [1.54, 1.807) is 25.7 Å². The number of aromatic hydroxyl groups is 1. The van der Waals surface area contributed by atoms with E-state index in [9.17, 15) is 54.3 Å². The van der Waals surface area contributed by atoms with Crippen LogP contribution in [0.25, 0.3) is 33.4 Å². The molecule has 1 amide bonds. The minimum absolute atomic E-state index is 0. The minimum atomic E-state index is -1.29. The fraction of sp³-hybridized carbons (Fsp3) is 0.333. The number of amides is 1. The first kappa shape index (κ1) is 42.2. The summed E-state index contributed by atoms with van der Waals surface area (Å²) in [6.45, 7) is 0.688. The van der Waals surface area contributed by atoms with Crippen molar-refractivity contribution in [1.82, 2.24) is 19.6 Å². The van der Waals surface area contributed by atoms with Crippen molar-refractivity contribution >= 4 is 46.4 Å². The molecule has 1 saturated heterocycles. The molecule has 0 spiro atoms. The first-order valence-corrected chi connectivity index (χ1v) is 16.7. The number of hydrogen-bond acceptors (Lipinski definition) is 12. The molecule has 2 heterocycles. The van der Waals surface area contributed by atoms with Crippen LogP contribution in [0.15, 0.2) is 63.8 Å². The third-order valence-corrected chi connectivity index (χ3v) is 8.85. The van der Waals surface area contributed by atoms with E-state index in [1.807, 2.05) is 0 Å². The maximum atomic E-state index is 13.4. The zero-order chi connectivity index (χ0) is 38.2. The van der Waals surface area contributed by atoms with E-state index in [-0.39, 0.29) is 159 Å². The molecule has 1 fully saturated rings. The van der Waals surface area contributed by atoms with Crippen molar-refractivity contribution in [3.63, 3.8) is 0 Å². The third-order valence-electron chi connectivity index (χ3n) is 8.85. The molecule has 1 radical (unpaired) electrons.